The number of hydrogen-bond donors (Lipinski definition) is 1. The first-order valence-corrected chi connectivity index (χ1v) is 9.91. The van der Waals surface area contributed by atoms with Crippen LogP contribution in [-0.4, -0.2) is 16.8 Å². The van der Waals surface area contributed by atoms with Crippen LogP contribution in [0.25, 0.3) is 6.08 Å². The predicted molar refractivity (Wildman–Crippen MR) is 114 cm³/mol. The number of nitrogens with zero attached hydrogens (tertiary/aromatic N) is 2. The van der Waals surface area contributed by atoms with Crippen LogP contribution in [0.1, 0.15) is 18.2 Å². The van der Waals surface area contributed by atoms with Crippen molar-refractivity contribution in [2.75, 3.05) is 4.90 Å². The standard InChI is InChI=1S/C21H17ClFN3O2S/c1-14(27)26(19-5-3-2-4-18(19)23)21-25-17(13-29-21)10-11-20(28)24-12-15-6-8-16(22)9-7-15/h2-11,13H,12H2,1H3,(H,24,28). The van der Waals surface area contributed by atoms with Crippen molar-refractivity contribution in [2.45, 2.75) is 13.5 Å². The maximum atomic E-state index is 14.1. The van der Waals surface area contributed by atoms with Crippen LogP contribution in [0.15, 0.2) is 60.0 Å². The molecular formula is C21H17ClFN3O2S. The van der Waals surface area contributed by atoms with E-state index in [4.69, 9.17) is 11.6 Å². The highest BCUT2D eigenvalue weighted by molar-refractivity contribution is 7.14. The number of benzene rings is 2. The molecule has 0 saturated carbocycles. The van der Waals surface area contributed by atoms with Gasteiger partial charge in [0.25, 0.3) is 0 Å². The molecule has 0 fully saturated rings. The number of carbonyl (C=O) groups is 2. The number of rotatable bonds is 6. The van der Waals surface area contributed by atoms with E-state index in [1.807, 2.05) is 12.1 Å². The van der Waals surface area contributed by atoms with Crippen LogP contribution in [0.2, 0.25) is 5.02 Å². The van der Waals surface area contributed by atoms with Crippen molar-refractivity contribution >= 4 is 51.6 Å². The summed E-state index contributed by atoms with van der Waals surface area (Å²) in [6, 6.07) is 13.2. The third-order valence-corrected chi connectivity index (χ3v) is 4.99. The van der Waals surface area contributed by atoms with E-state index in [9.17, 15) is 14.0 Å². The van der Waals surface area contributed by atoms with Gasteiger partial charge in [-0.15, -0.1) is 11.3 Å². The Hall–Kier alpha value is -3.03. The fourth-order valence-corrected chi connectivity index (χ4v) is 3.48. The fourth-order valence-electron chi connectivity index (χ4n) is 2.51. The van der Waals surface area contributed by atoms with Gasteiger partial charge in [0.2, 0.25) is 11.8 Å². The summed E-state index contributed by atoms with van der Waals surface area (Å²) >= 11 is 7.02. The Labute approximate surface area is 176 Å². The molecule has 29 heavy (non-hydrogen) atoms. The van der Waals surface area contributed by atoms with Gasteiger partial charge in [0.05, 0.1) is 11.4 Å². The Balaban J connectivity index is 1.67. The van der Waals surface area contributed by atoms with Crippen molar-refractivity contribution in [1.82, 2.24) is 10.3 Å². The van der Waals surface area contributed by atoms with Crippen molar-refractivity contribution in [3.05, 3.63) is 82.1 Å². The van der Waals surface area contributed by atoms with Crippen molar-refractivity contribution in [2.24, 2.45) is 0 Å². The molecule has 3 rings (SSSR count). The van der Waals surface area contributed by atoms with Crippen molar-refractivity contribution in [3.63, 3.8) is 0 Å². The molecule has 0 aliphatic rings. The summed E-state index contributed by atoms with van der Waals surface area (Å²) in [5.74, 6) is -1.16. The third-order valence-electron chi connectivity index (χ3n) is 3.89. The molecule has 0 atom stereocenters. The number of halogens is 2. The Bertz CT molecular complexity index is 1050. The molecule has 1 aromatic heterocycles. The highest BCUT2D eigenvalue weighted by Gasteiger charge is 2.20. The van der Waals surface area contributed by atoms with Crippen LogP contribution >= 0.6 is 22.9 Å². The van der Waals surface area contributed by atoms with E-state index in [2.05, 4.69) is 10.3 Å². The Morgan fingerprint density at radius 2 is 1.93 bits per heavy atom. The summed E-state index contributed by atoms with van der Waals surface area (Å²) in [6.07, 6.45) is 2.90. The molecule has 0 aliphatic carbocycles. The molecule has 0 radical (unpaired) electrons. The molecule has 0 aliphatic heterocycles. The van der Waals surface area contributed by atoms with Crippen LogP contribution in [0.4, 0.5) is 15.2 Å². The molecule has 1 N–H and O–H groups in total. The maximum absolute atomic E-state index is 14.1. The Kier molecular flexibility index (Phi) is 6.74. The Morgan fingerprint density at radius 1 is 1.21 bits per heavy atom. The molecule has 1 heterocycles. The van der Waals surface area contributed by atoms with Gasteiger partial charge in [0.1, 0.15) is 5.82 Å². The van der Waals surface area contributed by atoms with Crippen LogP contribution in [0.5, 0.6) is 0 Å². The van der Waals surface area contributed by atoms with Gasteiger partial charge in [-0.25, -0.2) is 9.37 Å². The summed E-state index contributed by atoms with van der Waals surface area (Å²) in [4.78, 5) is 29.6. The number of hydrogen-bond acceptors (Lipinski definition) is 4. The molecule has 0 unspecified atom stereocenters. The lowest BCUT2D eigenvalue weighted by Crippen LogP contribution is -2.23. The summed E-state index contributed by atoms with van der Waals surface area (Å²) in [7, 11) is 0. The van der Waals surface area contributed by atoms with Gasteiger partial charge < -0.3 is 5.32 Å². The zero-order valence-corrected chi connectivity index (χ0v) is 17.0. The number of anilines is 2. The zero-order valence-electron chi connectivity index (χ0n) is 15.4. The van der Waals surface area contributed by atoms with Gasteiger partial charge in [0.15, 0.2) is 5.13 Å². The number of carbonyl (C=O) groups excluding carboxylic acids is 2. The van der Waals surface area contributed by atoms with Crippen LogP contribution in [0.3, 0.4) is 0 Å². The summed E-state index contributed by atoms with van der Waals surface area (Å²) in [6.45, 7) is 1.71. The number of thiazole rings is 1. The molecule has 5 nitrogen and oxygen atoms in total. The summed E-state index contributed by atoms with van der Waals surface area (Å²) < 4.78 is 14.1. The van der Waals surface area contributed by atoms with Gasteiger partial charge in [-0.05, 0) is 35.9 Å². The smallest absolute Gasteiger partial charge is 0.244 e. The monoisotopic (exact) mass is 429 g/mol. The summed E-state index contributed by atoms with van der Waals surface area (Å²) in [5, 5.41) is 5.41. The van der Waals surface area contributed by atoms with E-state index in [1.165, 1.54) is 47.4 Å². The largest absolute Gasteiger partial charge is 0.348 e. The second-order valence-corrected chi connectivity index (χ2v) is 7.31. The number of para-hydroxylation sites is 1. The lowest BCUT2D eigenvalue weighted by Gasteiger charge is -2.18. The third kappa shape index (κ3) is 5.49. The molecule has 0 spiro atoms. The highest BCUT2D eigenvalue weighted by Crippen LogP contribution is 2.30. The quantitative estimate of drug-likeness (QED) is 0.564. The van der Waals surface area contributed by atoms with Gasteiger partial charge in [-0.2, -0.15) is 0 Å². The molecule has 3 aromatic rings. The summed E-state index contributed by atoms with van der Waals surface area (Å²) in [5.41, 5.74) is 1.55. The van der Waals surface area contributed by atoms with E-state index in [0.29, 0.717) is 22.4 Å². The first kappa shape index (κ1) is 20.7. The topological polar surface area (TPSA) is 62.3 Å². The predicted octanol–water partition coefficient (Wildman–Crippen LogP) is 4.95. The lowest BCUT2D eigenvalue weighted by molar-refractivity contribution is -0.117. The maximum Gasteiger partial charge on any atom is 0.244 e. The van der Waals surface area contributed by atoms with Crippen molar-refractivity contribution in [1.29, 1.82) is 0 Å². The normalized spacial score (nSPS) is 10.9. The number of amides is 2. The minimum atomic E-state index is -0.517. The van der Waals surface area contributed by atoms with E-state index in [1.54, 1.807) is 29.6 Å². The fraction of sp³-hybridized carbons (Fsp3) is 0.0952. The van der Waals surface area contributed by atoms with Gasteiger partial charge in [-0.1, -0.05) is 35.9 Å². The van der Waals surface area contributed by atoms with Crippen LogP contribution in [-0.2, 0) is 16.1 Å². The average molecular weight is 430 g/mol. The van der Waals surface area contributed by atoms with E-state index < -0.39 is 5.82 Å². The molecule has 2 aromatic carbocycles. The van der Waals surface area contributed by atoms with E-state index in [0.717, 1.165) is 5.56 Å². The van der Waals surface area contributed by atoms with Gasteiger partial charge in [0, 0.05) is 29.9 Å². The SMILES string of the molecule is CC(=O)N(c1nc(C=CC(=O)NCc2ccc(Cl)cc2)cs1)c1ccccc1F. The van der Waals surface area contributed by atoms with Crippen LogP contribution < -0.4 is 10.2 Å². The number of nitrogens with one attached hydrogen (secondary N) is 1. The number of aromatic nitrogens is 1. The molecule has 2 amide bonds. The second-order valence-electron chi connectivity index (χ2n) is 6.04. The van der Waals surface area contributed by atoms with Crippen molar-refractivity contribution < 1.29 is 14.0 Å². The van der Waals surface area contributed by atoms with E-state index >= 15 is 0 Å². The molecule has 0 bridgehead atoms. The minimum Gasteiger partial charge on any atom is -0.348 e. The zero-order chi connectivity index (χ0) is 20.8. The van der Waals surface area contributed by atoms with Gasteiger partial charge in [-0.3, -0.25) is 14.5 Å². The van der Waals surface area contributed by atoms with Crippen molar-refractivity contribution in [3.8, 4) is 0 Å². The Morgan fingerprint density at radius 3 is 2.62 bits per heavy atom. The minimum absolute atomic E-state index is 0.130. The molecule has 0 saturated heterocycles. The second kappa shape index (κ2) is 9.45. The molecule has 148 valence electrons. The van der Waals surface area contributed by atoms with Crippen LogP contribution in [0, 0.1) is 5.82 Å². The van der Waals surface area contributed by atoms with Gasteiger partial charge >= 0.3 is 0 Å². The first-order chi connectivity index (χ1) is 13.9. The first-order valence-electron chi connectivity index (χ1n) is 8.65. The molecular weight excluding hydrogens is 413 g/mol. The lowest BCUT2D eigenvalue weighted by atomic mass is 10.2. The highest BCUT2D eigenvalue weighted by atomic mass is 35.5. The van der Waals surface area contributed by atoms with E-state index in [-0.39, 0.29) is 17.5 Å². The molecule has 8 heteroatoms. The average Bonchev–Trinajstić information content (AvgIpc) is 3.16.